The number of aryl methyl sites for hydroxylation is 1. The summed E-state index contributed by atoms with van der Waals surface area (Å²) in [5.41, 5.74) is -0.0575. The van der Waals surface area contributed by atoms with E-state index in [0.717, 1.165) is 89.2 Å². The Balaban J connectivity index is 0.00000103. The maximum Gasteiger partial charge on any atom is 0.335 e. The fraction of sp³-hybridized carbons (Fsp3) is 0.670. The third kappa shape index (κ3) is 66.2. The summed E-state index contributed by atoms with van der Waals surface area (Å²) < 4.78 is 54.2. The van der Waals surface area contributed by atoms with Crippen LogP contribution in [0.4, 0.5) is 0 Å². The normalized spacial score (nSPS) is 12.0. The van der Waals surface area contributed by atoms with Gasteiger partial charge >= 0.3 is 29.8 Å². The first-order valence-electron chi connectivity index (χ1n) is 48.8. The van der Waals surface area contributed by atoms with Crippen molar-refractivity contribution in [2.24, 2.45) is 17.3 Å². The minimum absolute atomic E-state index is 0.000107. The molecule has 0 aliphatic rings. The molecule has 0 radical (unpaired) electrons. The number of carbonyl (C=O) groups excluding carboxylic acids is 11. The fourth-order valence-corrected chi connectivity index (χ4v) is 13.7. The Bertz CT molecular complexity index is 3970. The Labute approximate surface area is 811 Å². The molecule has 2 aromatic carbocycles. The van der Waals surface area contributed by atoms with Crippen molar-refractivity contribution in [3.63, 3.8) is 0 Å². The van der Waals surface area contributed by atoms with Crippen molar-refractivity contribution < 1.29 is 150 Å². The molecule has 1 aromatic heterocycles. The number of aromatic carboxylic acids is 2. The molecule has 4 atom stereocenters. The minimum atomic E-state index is -1.25. The molecule has 0 aliphatic heterocycles. The number of pyridine rings is 1. The van der Waals surface area contributed by atoms with Crippen LogP contribution in [0.3, 0.4) is 0 Å². The summed E-state index contributed by atoms with van der Waals surface area (Å²) in [6.45, 7) is 11.9. The van der Waals surface area contributed by atoms with E-state index in [1.165, 1.54) is 24.3 Å². The zero-order valence-electron chi connectivity index (χ0n) is 81.5. The van der Waals surface area contributed by atoms with Crippen molar-refractivity contribution in [1.82, 2.24) is 36.9 Å². The van der Waals surface area contributed by atoms with Gasteiger partial charge in [0.1, 0.15) is 67.1 Å². The molecule has 38 heteroatoms. The van der Waals surface area contributed by atoms with Crippen LogP contribution in [0.2, 0.25) is 0 Å². The van der Waals surface area contributed by atoms with Gasteiger partial charge in [0.05, 0.1) is 120 Å². The van der Waals surface area contributed by atoms with Crippen molar-refractivity contribution in [3.8, 4) is 11.5 Å². The average molecular weight is 1950 g/mol. The van der Waals surface area contributed by atoms with Crippen LogP contribution < -0.4 is 41.4 Å². The van der Waals surface area contributed by atoms with E-state index in [1.54, 1.807) is 50.4 Å². The first kappa shape index (κ1) is 124. The second kappa shape index (κ2) is 80.4. The van der Waals surface area contributed by atoms with Crippen molar-refractivity contribution in [2.75, 3.05) is 152 Å². The van der Waals surface area contributed by atoms with Crippen molar-refractivity contribution >= 4 is 94.1 Å². The van der Waals surface area contributed by atoms with Crippen LogP contribution in [0, 0.1) is 17.3 Å². The number of benzene rings is 2. The van der Waals surface area contributed by atoms with Crippen LogP contribution in [0.25, 0.3) is 0 Å². The third-order valence-corrected chi connectivity index (χ3v) is 22.0. The minimum Gasteiger partial charge on any atom is -0.494 e. The van der Waals surface area contributed by atoms with E-state index in [1.807, 2.05) is 26.0 Å². The predicted octanol–water partition coefficient (Wildman–Crippen LogP) is 10.4. The second-order valence-electron chi connectivity index (χ2n) is 34.0. The number of carboxylic acid groups (broad SMARTS) is 5. The third-order valence-electron chi connectivity index (χ3n) is 22.0. The number of amides is 5. The highest BCUT2D eigenvalue weighted by Crippen LogP contribution is 2.24. The number of hydrogen-bond donors (Lipinski definition) is 11. The molecule has 38 nitrogen and oxygen atoms in total. The molecular weight excluding hydrogens is 1800 g/mol. The number of ketones is 6. The standard InChI is InChI=1S/C61H93N5O18.C39H62N2O13/c1-4-17-50(65-42-54(70)61(2,3)53(69)31-25-47-19-12-14-32-62-47)52(68)30-24-45(58(74)75)18-11-13-33-63-56(72)43-83-41-39-81-37-34-64-57(73)44-82-40-38-80-35-16-20-48(67)26-29-51(60(78)79)66-55(71)21-10-8-6-5-7-9-15-36-84-49-27-22-46(23-28-49)59(76)77;1-2-19-40-37(45)30-53-27-24-50-21-10-12-34(43)29-52-26-25-51-23-20-41-36(44)18-15-32(39(48)49)28-33(42)11-8-6-4-3-5-7-9-22-54-35-16-13-31(14-17-35)38(46)47/h12,14,19,22-23,27-28,32,45,50-51,65H,4-11,13,15-18,20-21,24-26,29-31,33-44H2,1-3H3,(H,63,72)(H,64,73)(H,66,71)(H,74,75)(H,76,77)(H,78,79);13-14,16-17,32H,2-12,15,18-30H2,1H3,(H,40,45)(H,41,44)(H,46,47)(H,48,49)/t45-,50+,51+;32-/m11/s1. The first-order valence-corrected chi connectivity index (χ1v) is 48.8. The highest BCUT2D eigenvalue weighted by molar-refractivity contribution is 6.07. The highest BCUT2D eigenvalue weighted by atomic mass is 16.5. The van der Waals surface area contributed by atoms with E-state index in [0.29, 0.717) is 135 Å². The number of nitrogens with zero attached hydrogens (tertiary/aromatic N) is 1. The highest BCUT2D eigenvalue weighted by Gasteiger charge is 2.36. The van der Waals surface area contributed by atoms with E-state index >= 15 is 0 Å². The lowest BCUT2D eigenvalue weighted by Gasteiger charge is -2.24. The molecule has 0 fully saturated rings. The first-order chi connectivity index (χ1) is 66.4. The molecule has 0 bridgehead atoms. The molecule has 0 saturated carbocycles. The predicted molar refractivity (Wildman–Crippen MR) is 510 cm³/mol. The molecule has 0 saturated heterocycles. The van der Waals surface area contributed by atoms with Gasteiger partial charge in [0.25, 0.3) is 0 Å². The second-order valence-corrected chi connectivity index (χ2v) is 34.0. The topological polar surface area (TPSA) is 552 Å². The van der Waals surface area contributed by atoms with E-state index in [-0.39, 0.29) is 245 Å². The van der Waals surface area contributed by atoms with Crippen molar-refractivity contribution in [2.45, 2.75) is 265 Å². The maximum atomic E-state index is 13.2. The Morgan fingerprint density at radius 3 is 1.29 bits per heavy atom. The lowest BCUT2D eigenvalue weighted by Crippen LogP contribution is -2.45. The SMILES string of the molecule is CCCNC(=O)COCCOCCCC(=O)COCCOCCNC(=O)CC[C@H](CC(=O)CCCCCCCCCOc1ccc(C(=O)O)cc1)C(=O)O.CCC[C@H](NCC(=O)C(C)(C)C(=O)CCc1ccccn1)C(=O)CC[C@@H](CCCCNC(=O)COCCOCCNC(=O)COCCOCCCC(=O)CC[C@H](NC(=O)CCCCCCCCCOc1ccc(C(=O)O)cc1)C(=O)O)C(=O)O. The zero-order valence-corrected chi connectivity index (χ0v) is 81.5. The van der Waals surface area contributed by atoms with Gasteiger partial charge in [-0.3, -0.25) is 67.3 Å². The van der Waals surface area contributed by atoms with E-state index < -0.39 is 59.2 Å². The number of rotatable bonds is 91. The molecule has 138 heavy (non-hydrogen) atoms. The van der Waals surface area contributed by atoms with Gasteiger partial charge in [0.15, 0.2) is 11.6 Å². The molecule has 0 unspecified atom stereocenters. The monoisotopic (exact) mass is 1950 g/mol. The van der Waals surface area contributed by atoms with Gasteiger partial charge in [-0.25, -0.2) is 14.4 Å². The van der Waals surface area contributed by atoms with Crippen LogP contribution in [0.1, 0.15) is 272 Å². The van der Waals surface area contributed by atoms with Crippen LogP contribution in [-0.4, -0.2) is 288 Å². The summed E-state index contributed by atoms with van der Waals surface area (Å²) in [4.78, 5) is 198. The number of aliphatic carboxylic acids is 3. The summed E-state index contributed by atoms with van der Waals surface area (Å²) in [6, 6.07) is 16.3. The van der Waals surface area contributed by atoms with E-state index in [4.69, 9.17) is 57.6 Å². The fourth-order valence-electron chi connectivity index (χ4n) is 13.7. The molecule has 5 amide bonds. The van der Waals surface area contributed by atoms with Gasteiger partial charge in [-0.05, 0) is 164 Å². The Morgan fingerprint density at radius 1 is 0.341 bits per heavy atom. The quantitative estimate of drug-likeness (QED) is 0.0185. The van der Waals surface area contributed by atoms with Crippen LogP contribution >= 0.6 is 0 Å². The molecule has 3 aromatic rings. The maximum absolute atomic E-state index is 13.2. The Hall–Kier alpha value is -10.5. The number of aromatic nitrogens is 1. The largest absolute Gasteiger partial charge is 0.494 e. The number of ether oxygens (including phenoxy) is 10. The molecular formula is C100H155N7O31. The van der Waals surface area contributed by atoms with Gasteiger partial charge in [-0.15, -0.1) is 0 Å². The summed E-state index contributed by atoms with van der Waals surface area (Å²) in [5, 5.41) is 63.2. The number of hydrogen-bond acceptors (Lipinski definition) is 28. The Kier molecular flexibility index (Phi) is 72.0. The van der Waals surface area contributed by atoms with Crippen LogP contribution in [0.5, 0.6) is 11.5 Å². The number of carboxylic acids is 5. The molecule has 1 heterocycles. The average Bonchev–Trinajstić information content (AvgIpc) is 0.839. The van der Waals surface area contributed by atoms with Gasteiger partial charge < -0.3 is 105 Å². The number of carbonyl (C=O) groups is 16. The molecule has 3 rings (SSSR count). The summed E-state index contributed by atoms with van der Waals surface area (Å²) in [6.07, 6.45) is 20.6. The number of nitrogens with one attached hydrogen (secondary N) is 6. The summed E-state index contributed by atoms with van der Waals surface area (Å²) >= 11 is 0. The van der Waals surface area contributed by atoms with Gasteiger partial charge in [-0.2, -0.15) is 0 Å². The van der Waals surface area contributed by atoms with Crippen molar-refractivity contribution in [3.05, 3.63) is 89.7 Å². The Morgan fingerprint density at radius 2 is 0.797 bits per heavy atom. The molecule has 0 spiro atoms. The van der Waals surface area contributed by atoms with Gasteiger partial charge in [0.2, 0.25) is 29.5 Å². The number of Topliss-reactive ketones (excluding diaryl/α,β-unsaturated/α-hetero) is 6. The van der Waals surface area contributed by atoms with Gasteiger partial charge in [-0.1, -0.05) is 97.0 Å². The zero-order chi connectivity index (χ0) is 101. The van der Waals surface area contributed by atoms with E-state index in [9.17, 15) is 92.0 Å². The van der Waals surface area contributed by atoms with Crippen LogP contribution in [0.15, 0.2) is 72.9 Å². The molecule has 776 valence electrons. The lowest BCUT2D eigenvalue weighted by molar-refractivity contribution is -0.144. The van der Waals surface area contributed by atoms with Crippen LogP contribution in [-0.2, 0) is 111 Å². The summed E-state index contributed by atoms with van der Waals surface area (Å²) in [5.74, 6) is -8.17. The van der Waals surface area contributed by atoms with Crippen molar-refractivity contribution in [1.29, 1.82) is 0 Å². The molecule has 11 N–H and O–H groups in total. The van der Waals surface area contributed by atoms with E-state index in [2.05, 4.69) is 36.9 Å². The molecule has 0 aliphatic carbocycles. The summed E-state index contributed by atoms with van der Waals surface area (Å²) in [7, 11) is 0. The lowest BCUT2D eigenvalue weighted by atomic mass is 9.81. The number of unbranched alkanes of at least 4 members (excludes halogenated alkanes) is 13. The van der Waals surface area contributed by atoms with Gasteiger partial charge in [0, 0.05) is 109 Å². The smallest absolute Gasteiger partial charge is 0.335 e.